The average Bonchev–Trinajstić information content (AvgIpc) is 3.19. The number of amides is 1. The topological polar surface area (TPSA) is 72.6 Å². The highest BCUT2D eigenvalue weighted by atomic mass is 32.1. The van der Waals surface area contributed by atoms with Gasteiger partial charge in [-0.25, -0.2) is 9.78 Å². The van der Waals surface area contributed by atoms with Crippen LogP contribution in [0.4, 0.5) is 10.8 Å². The van der Waals surface area contributed by atoms with E-state index in [-0.39, 0.29) is 12.5 Å². The third-order valence-corrected chi connectivity index (χ3v) is 4.79. The van der Waals surface area contributed by atoms with E-state index in [1.807, 2.05) is 31.2 Å². The largest absolute Gasteiger partial charge is 0.466 e. The number of aromatic nitrogens is 1. The number of ether oxygens (including phenoxy) is 1. The van der Waals surface area contributed by atoms with E-state index < -0.39 is 5.97 Å². The van der Waals surface area contributed by atoms with Crippen LogP contribution in [0.2, 0.25) is 0 Å². The summed E-state index contributed by atoms with van der Waals surface area (Å²) in [6.07, 6.45) is 0. The van der Waals surface area contributed by atoms with Gasteiger partial charge in [-0.15, -0.1) is 11.3 Å². The minimum Gasteiger partial charge on any atom is -0.466 e. The van der Waals surface area contributed by atoms with Gasteiger partial charge in [-0.2, -0.15) is 0 Å². The Morgan fingerprint density at radius 3 is 2.63 bits per heavy atom. The summed E-state index contributed by atoms with van der Waals surface area (Å²) in [5.74, 6) is 0.591. The molecule has 6 nitrogen and oxygen atoms in total. The van der Waals surface area contributed by atoms with Gasteiger partial charge in [0.25, 0.3) is 0 Å². The molecule has 27 heavy (non-hydrogen) atoms. The zero-order valence-electron chi connectivity index (χ0n) is 15.6. The first-order valence-corrected chi connectivity index (χ1v) is 9.29. The van der Waals surface area contributed by atoms with Crippen molar-refractivity contribution in [2.75, 3.05) is 4.90 Å². The lowest BCUT2D eigenvalue weighted by Crippen LogP contribution is -2.22. The fourth-order valence-electron chi connectivity index (χ4n) is 2.71. The Hall–Kier alpha value is -2.93. The van der Waals surface area contributed by atoms with Crippen LogP contribution < -0.4 is 4.90 Å². The maximum absolute atomic E-state index is 12.2. The fourth-order valence-corrected chi connectivity index (χ4v) is 3.58. The molecule has 0 unspecified atom stereocenters. The molecular weight excluding hydrogens is 364 g/mol. The Kier molecular flexibility index (Phi) is 5.41. The first kappa shape index (κ1) is 18.8. The first-order valence-electron chi connectivity index (χ1n) is 8.41. The summed E-state index contributed by atoms with van der Waals surface area (Å²) in [5.41, 5.74) is 2.80. The third kappa shape index (κ3) is 4.25. The number of hydrogen-bond donors (Lipinski definition) is 0. The number of anilines is 2. The normalized spacial score (nSPS) is 10.7. The third-order valence-electron chi connectivity index (χ3n) is 3.92. The maximum Gasteiger partial charge on any atom is 0.342 e. The second-order valence-electron chi connectivity index (χ2n) is 6.22. The van der Waals surface area contributed by atoms with Crippen molar-refractivity contribution in [3.8, 4) is 0 Å². The molecule has 0 aliphatic heterocycles. The standard InChI is InChI=1S/C20H20N2O4S/c1-12-6-5-7-17(8-12)22(15(4)23)20-21-16(11-27-20)10-25-19(24)18-9-13(2)26-14(18)3/h5-9,11H,10H2,1-4H3. The van der Waals surface area contributed by atoms with Crippen LogP contribution in [0, 0.1) is 20.8 Å². The number of esters is 1. The van der Waals surface area contributed by atoms with Crippen molar-refractivity contribution in [2.24, 2.45) is 0 Å². The van der Waals surface area contributed by atoms with E-state index in [0.29, 0.717) is 27.9 Å². The Labute approximate surface area is 161 Å². The molecule has 0 saturated carbocycles. The molecule has 1 aromatic carbocycles. The van der Waals surface area contributed by atoms with Gasteiger partial charge in [0.1, 0.15) is 23.7 Å². The number of rotatable bonds is 5. The highest BCUT2D eigenvalue weighted by Gasteiger charge is 2.19. The maximum atomic E-state index is 12.2. The molecule has 0 atom stereocenters. The van der Waals surface area contributed by atoms with Gasteiger partial charge in [0, 0.05) is 12.3 Å². The molecule has 3 aromatic rings. The SMILES string of the molecule is CC(=O)N(c1cccc(C)c1)c1nc(COC(=O)c2cc(C)oc2C)cs1. The van der Waals surface area contributed by atoms with E-state index in [4.69, 9.17) is 9.15 Å². The molecule has 7 heteroatoms. The van der Waals surface area contributed by atoms with Gasteiger partial charge in [-0.1, -0.05) is 12.1 Å². The molecule has 0 N–H and O–H groups in total. The van der Waals surface area contributed by atoms with Crippen LogP contribution >= 0.6 is 11.3 Å². The summed E-state index contributed by atoms with van der Waals surface area (Å²) >= 11 is 1.33. The summed E-state index contributed by atoms with van der Waals surface area (Å²) in [6.45, 7) is 6.98. The van der Waals surface area contributed by atoms with Crippen molar-refractivity contribution in [3.05, 3.63) is 64.1 Å². The molecule has 0 radical (unpaired) electrons. The van der Waals surface area contributed by atoms with Crippen molar-refractivity contribution in [1.82, 2.24) is 4.98 Å². The second-order valence-corrected chi connectivity index (χ2v) is 7.05. The quantitative estimate of drug-likeness (QED) is 0.596. The van der Waals surface area contributed by atoms with E-state index in [0.717, 1.165) is 11.3 Å². The number of nitrogens with zero attached hydrogens (tertiary/aromatic N) is 2. The molecule has 140 valence electrons. The van der Waals surface area contributed by atoms with Crippen molar-refractivity contribution in [1.29, 1.82) is 0 Å². The van der Waals surface area contributed by atoms with Gasteiger partial charge in [-0.05, 0) is 44.5 Å². The summed E-state index contributed by atoms with van der Waals surface area (Å²) in [7, 11) is 0. The molecular formula is C20H20N2O4S. The van der Waals surface area contributed by atoms with Gasteiger partial charge in [0.05, 0.1) is 11.4 Å². The van der Waals surface area contributed by atoms with E-state index in [1.54, 1.807) is 30.2 Å². The van der Waals surface area contributed by atoms with E-state index in [2.05, 4.69) is 4.98 Å². The lowest BCUT2D eigenvalue weighted by molar-refractivity contribution is -0.115. The summed E-state index contributed by atoms with van der Waals surface area (Å²) in [6, 6.07) is 9.30. The number of benzene rings is 1. The van der Waals surface area contributed by atoms with Crippen LogP contribution in [0.5, 0.6) is 0 Å². The molecule has 0 saturated heterocycles. The minimum absolute atomic E-state index is 0.0264. The van der Waals surface area contributed by atoms with E-state index >= 15 is 0 Å². The fraction of sp³-hybridized carbons (Fsp3) is 0.250. The van der Waals surface area contributed by atoms with Gasteiger partial charge in [-0.3, -0.25) is 9.69 Å². The van der Waals surface area contributed by atoms with Crippen molar-refractivity contribution >= 4 is 34.0 Å². The van der Waals surface area contributed by atoms with Crippen molar-refractivity contribution in [2.45, 2.75) is 34.3 Å². The second kappa shape index (κ2) is 7.75. The van der Waals surface area contributed by atoms with Crippen LogP contribution in [0.25, 0.3) is 0 Å². The molecule has 2 aromatic heterocycles. The molecule has 0 aliphatic rings. The highest BCUT2D eigenvalue weighted by Crippen LogP contribution is 2.29. The van der Waals surface area contributed by atoms with Gasteiger partial charge < -0.3 is 9.15 Å². The number of carbonyl (C=O) groups is 2. The zero-order chi connectivity index (χ0) is 19.6. The molecule has 3 rings (SSSR count). The molecule has 0 fully saturated rings. The monoisotopic (exact) mass is 384 g/mol. The van der Waals surface area contributed by atoms with Crippen LogP contribution in [-0.4, -0.2) is 16.9 Å². The van der Waals surface area contributed by atoms with E-state index in [1.165, 1.54) is 18.3 Å². The number of thiazole rings is 1. The molecule has 0 spiro atoms. The predicted molar refractivity (Wildman–Crippen MR) is 103 cm³/mol. The predicted octanol–water partition coefficient (Wildman–Crippen LogP) is 4.70. The lowest BCUT2D eigenvalue weighted by atomic mass is 10.2. The molecule has 0 aliphatic carbocycles. The van der Waals surface area contributed by atoms with Crippen molar-refractivity contribution in [3.63, 3.8) is 0 Å². The summed E-state index contributed by atoms with van der Waals surface area (Å²) in [5, 5.41) is 2.32. The first-order chi connectivity index (χ1) is 12.8. The summed E-state index contributed by atoms with van der Waals surface area (Å²) < 4.78 is 10.7. The summed E-state index contributed by atoms with van der Waals surface area (Å²) in [4.78, 5) is 30.3. The molecule has 0 bridgehead atoms. The van der Waals surface area contributed by atoms with Crippen LogP contribution in [-0.2, 0) is 16.1 Å². The van der Waals surface area contributed by atoms with Gasteiger partial charge in [0.15, 0.2) is 5.13 Å². The van der Waals surface area contributed by atoms with E-state index in [9.17, 15) is 9.59 Å². The molecule has 1 amide bonds. The Bertz CT molecular complexity index is 990. The van der Waals surface area contributed by atoms with Gasteiger partial charge in [0.2, 0.25) is 5.91 Å². The van der Waals surface area contributed by atoms with Crippen LogP contribution in [0.15, 0.2) is 40.1 Å². The number of aryl methyl sites for hydroxylation is 3. The Balaban J connectivity index is 1.74. The number of hydrogen-bond acceptors (Lipinski definition) is 6. The number of carbonyl (C=O) groups excluding carboxylic acids is 2. The zero-order valence-corrected chi connectivity index (χ0v) is 16.4. The minimum atomic E-state index is -0.457. The highest BCUT2D eigenvalue weighted by molar-refractivity contribution is 7.14. The average molecular weight is 384 g/mol. The van der Waals surface area contributed by atoms with Crippen molar-refractivity contribution < 1.29 is 18.7 Å². The van der Waals surface area contributed by atoms with Crippen LogP contribution in [0.3, 0.4) is 0 Å². The number of furan rings is 1. The smallest absolute Gasteiger partial charge is 0.342 e. The molecule has 2 heterocycles. The Morgan fingerprint density at radius 2 is 2.00 bits per heavy atom. The van der Waals surface area contributed by atoms with Crippen LogP contribution in [0.1, 0.15) is 40.1 Å². The lowest BCUT2D eigenvalue weighted by Gasteiger charge is -2.18. The Morgan fingerprint density at radius 1 is 1.22 bits per heavy atom. The van der Waals surface area contributed by atoms with Gasteiger partial charge >= 0.3 is 5.97 Å².